The van der Waals surface area contributed by atoms with Crippen molar-refractivity contribution in [2.45, 2.75) is 0 Å². The van der Waals surface area contributed by atoms with E-state index in [1.807, 2.05) is 36.4 Å². The smallest absolute Gasteiger partial charge is 0.265 e. The number of nitrogen functional groups attached to an aromatic ring is 1. The molecule has 8 heteroatoms. The van der Waals surface area contributed by atoms with Crippen LogP contribution in [0.5, 0.6) is 5.75 Å². The van der Waals surface area contributed by atoms with Crippen LogP contribution in [0.3, 0.4) is 0 Å². The van der Waals surface area contributed by atoms with Crippen LogP contribution in [0.15, 0.2) is 48.7 Å². The Kier molecular flexibility index (Phi) is 3.92. The highest BCUT2D eigenvalue weighted by Gasteiger charge is 2.25. The zero-order valence-electron chi connectivity index (χ0n) is 13.9. The third-order valence-electron chi connectivity index (χ3n) is 4.22. The van der Waals surface area contributed by atoms with E-state index in [4.69, 9.17) is 10.5 Å². The molecule has 0 radical (unpaired) electrons. The van der Waals surface area contributed by atoms with Crippen LogP contribution < -0.4 is 20.7 Å². The minimum atomic E-state index is -0.322. The van der Waals surface area contributed by atoms with Crippen molar-refractivity contribution in [1.82, 2.24) is 14.9 Å². The van der Waals surface area contributed by atoms with Gasteiger partial charge in [0.05, 0.1) is 11.2 Å². The molecule has 0 unspecified atom stereocenters. The predicted octanol–water partition coefficient (Wildman–Crippen LogP) is 1.07. The van der Waals surface area contributed by atoms with Gasteiger partial charge in [0.25, 0.3) is 11.8 Å². The number of para-hydroxylation sites is 2. The summed E-state index contributed by atoms with van der Waals surface area (Å²) in [6.45, 7) is 0.610. The molecule has 1 aliphatic rings. The first-order valence-corrected chi connectivity index (χ1v) is 8.18. The number of aromatic nitrogens is 2. The maximum atomic E-state index is 12.5. The fourth-order valence-corrected chi connectivity index (χ4v) is 3.02. The molecule has 2 amide bonds. The number of ether oxygens (including phenoxy) is 1. The normalized spacial score (nSPS) is 13.4. The summed E-state index contributed by atoms with van der Waals surface area (Å²) in [5.74, 6) is 0.359. The first-order chi connectivity index (χ1) is 12.6. The van der Waals surface area contributed by atoms with Gasteiger partial charge in [-0.05, 0) is 24.3 Å². The lowest BCUT2D eigenvalue weighted by Crippen LogP contribution is -2.43. The number of nitrogens with two attached hydrogens (primary N) is 1. The summed E-state index contributed by atoms with van der Waals surface area (Å²) in [6, 6.07) is 12.7. The molecule has 0 spiro atoms. The third-order valence-corrected chi connectivity index (χ3v) is 4.22. The Morgan fingerprint density at radius 3 is 2.92 bits per heavy atom. The molecule has 8 nitrogen and oxygen atoms in total. The molecule has 1 aliphatic heterocycles. The standard InChI is InChI=1S/C18H17N5O3/c19-17-16(13-6-3-4-9-23(13)21-17)18(25)20-8-10-22-12-5-1-2-7-14(12)26-11-15(22)24/h1-7,9H,8,10-11H2,(H2,19,21)(H,20,25). The topological polar surface area (TPSA) is 102 Å². The van der Waals surface area contributed by atoms with Gasteiger partial charge in [0, 0.05) is 19.3 Å². The summed E-state index contributed by atoms with van der Waals surface area (Å²) in [6.07, 6.45) is 1.73. The van der Waals surface area contributed by atoms with Gasteiger partial charge < -0.3 is 20.7 Å². The van der Waals surface area contributed by atoms with E-state index >= 15 is 0 Å². The molecule has 0 saturated carbocycles. The molecule has 26 heavy (non-hydrogen) atoms. The minimum absolute atomic E-state index is 0.00798. The Balaban J connectivity index is 1.47. The van der Waals surface area contributed by atoms with Gasteiger partial charge in [-0.25, -0.2) is 4.52 Å². The second-order valence-corrected chi connectivity index (χ2v) is 5.85. The fourth-order valence-electron chi connectivity index (χ4n) is 3.02. The summed E-state index contributed by atoms with van der Waals surface area (Å²) in [4.78, 5) is 26.3. The first-order valence-electron chi connectivity index (χ1n) is 8.18. The van der Waals surface area contributed by atoms with Gasteiger partial charge in [0.15, 0.2) is 12.4 Å². The summed E-state index contributed by atoms with van der Waals surface area (Å²) in [7, 11) is 0. The molecule has 3 heterocycles. The van der Waals surface area contributed by atoms with Crippen LogP contribution in [0.25, 0.3) is 5.52 Å². The van der Waals surface area contributed by atoms with E-state index in [2.05, 4.69) is 10.4 Å². The van der Waals surface area contributed by atoms with E-state index in [9.17, 15) is 9.59 Å². The molecule has 0 saturated heterocycles. The van der Waals surface area contributed by atoms with Crippen molar-refractivity contribution in [1.29, 1.82) is 0 Å². The molecule has 3 aromatic rings. The van der Waals surface area contributed by atoms with Crippen LogP contribution >= 0.6 is 0 Å². The molecule has 4 rings (SSSR count). The Morgan fingerprint density at radius 1 is 1.23 bits per heavy atom. The van der Waals surface area contributed by atoms with E-state index in [-0.39, 0.29) is 30.8 Å². The lowest BCUT2D eigenvalue weighted by atomic mass is 10.2. The molecule has 0 fully saturated rings. The van der Waals surface area contributed by atoms with E-state index in [1.165, 1.54) is 0 Å². The number of pyridine rings is 1. The van der Waals surface area contributed by atoms with Crippen molar-refractivity contribution in [3.8, 4) is 5.75 Å². The number of nitrogens with zero attached hydrogens (tertiary/aromatic N) is 3. The summed E-state index contributed by atoms with van der Waals surface area (Å²) in [5.41, 5.74) is 7.55. The minimum Gasteiger partial charge on any atom is -0.482 e. The van der Waals surface area contributed by atoms with Crippen molar-refractivity contribution < 1.29 is 14.3 Å². The number of rotatable bonds is 4. The summed E-state index contributed by atoms with van der Waals surface area (Å²) in [5, 5.41) is 6.94. The van der Waals surface area contributed by atoms with Gasteiger partial charge in [-0.15, -0.1) is 5.10 Å². The van der Waals surface area contributed by atoms with E-state index in [1.54, 1.807) is 21.7 Å². The fraction of sp³-hybridized carbons (Fsp3) is 0.167. The largest absolute Gasteiger partial charge is 0.482 e. The highest BCUT2D eigenvalue weighted by molar-refractivity contribution is 6.05. The Labute approximate surface area is 149 Å². The number of hydrogen-bond acceptors (Lipinski definition) is 5. The van der Waals surface area contributed by atoms with Crippen LogP contribution in [0.2, 0.25) is 0 Å². The van der Waals surface area contributed by atoms with Crippen molar-refractivity contribution in [3.05, 3.63) is 54.2 Å². The maximum absolute atomic E-state index is 12.5. The van der Waals surface area contributed by atoms with E-state index in [0.717, 1.165) is 0 Å². The molecular weight excluding hydrogens is 334 g/mol. The summed E-state index contributed by atoms with van der Waals surface area (Å²) < 4.78 is 6.97. The van der Waals surface area contributed by atoms with Gasteiger partial charge in [-0.3, -0.25) is 9.59 Å². The lowest BCUT2D eigenvalue weighted by molar-refractivity contribution is -0.121. The van der Waals surface area contributed by atoms with Gasteiger partial charge in [0.2, 0.25) is 0 Å². The van der Waals surface area contributed by atoms with Crippen LogP contribution in [0.1, 0.15) is 10.4 Å². The maximum Gasteiger partial charge on any atom is 0.265 e. The quantitative estimate of drug-likeness (QED) is 0.732. The number of hydrogen-bond donors (Lipinski definition) is 2. The highest BCUT2D eigenvalue weighted by Crippen LogP contribution is 2.31. The number of carbonyl (C=O) groups excluding carboxylic acids is 2. The average molecular weight is 351 g/mol. The third kappa shape index (κ3) is 2.71. The van der Waals surface area contributed by atoms with Gasteiger partial charge >= 0.3 is 0 Å². The molecule has 1 aromatic carbocycles. The molecule has 0 bridgehead atoms. The second-order valence-electron chi connectivity index (χ2n) is 5.85. The zero-order valence-corrected chi connectivity index (χ0v) is 13.9. The van der Waals surface area contributed by atoms with Gasteiger partial charge in [-0.2, -0.15) is 0 Å². The second kappa shape index (κ2) is 6.40. The van der Waals surface area contributed by atoms with Crippen molar-refractivity contribution in [2.75, 3.05) is 30.3 Å². The van der Waals surface area contributed by atoms with Crippen LogP contribution in [0, 0.1) is 0 Å². The predicted molar refractivity (Wildman–Crippen MR) is 96.2 cm³/mol. The van der Waals surface area contributed by atoms with Gasteiger partial charge in [-0.1, -0.05) is 18.2 Å². The number of nitrogens with one attached hydrogen (secondary N) is 1. The number of carbonyl (C=O) groups is 2. The number of anilines is 2. The SMILES string of the molecule is Nc1nn2ccccc2c1C(=O)NCCN1C(=O)COc2ccccc21. The monoisotopic (exact) mass is 351 g/mol. The Morgan fingerprint density at radius 2 is 2.04 bits per heavy atom. The molecule has 0 atom stereocenters. The average Bonchev–Trinajstić information content (AvgIpc) is 2.99. The molecule has 3 N–H and O–H groups in total. The van der Waals surface area contributed by atoms with Crippen molar-refractivity contribution in [3.63, 3.8) is 0 Å². The molecule has 2 aromatic heterocycles. The van der Waals surface area contributed by atoms with Crippen molar-refractivity contribution >= 4 is 28.8 Å². The summed E-state index contributed by atoms with van der Waals surface area (Å²) >= 11 is 0. The first kappa shape index (κ1) is 15.9. The lowest BCUT2D eigenvalue weighted by Gasteiger charge is -2.29. The Hall–Kier alpha value is -3.55. The van der Waals surface area contributed by atoms with Gasteiger partial charge in [0.1, 0.15) is 11.3 Å². The molecule has 0 aliphatic carbocycles. The van der Waals surface area contributed by atoms with Crippen molar-refractivity contribution in [2.24, 2.45) is 0 Å². The van der Waals surface area contributed by atoms with Crippen LogP contribution in [0.4, 0.5) is 11.5 Å². The van der Waals surface area contributed by atoms with E-state index < -0.39 is 0 Å². The number of fused-ring (bicyclic) bond motifs is 2. The number of amides is 2. The molecular formula is C18H17N5O3. The highest BCUT2D eigenvalue weighted by atomic mass is 16.5. The van der Waals surface area contributed by atoms with Crippen LogP contribution in [-0.2, 0) is 4.79 Å². The Bertz CT molecular complexity index is 997. The zero-order chi connectivity index (χ0) is 18.1. The van der Waals surface area contributed by atoms with Crippen LogP contribution in [-0.4, -0.2) is 41.1 Å². The molecule has 132 valence electrons. The number of benzene rings is 1. The van der Waals surface area contributed by atoms with E-state index in [0.29, 0.717) is 29.1 Å².